The lowest BCUT2D eigenvalue weighted by atomic mass is 10.2. The van der Waals surface area contributed by atoms with Crippen molar-refractivity contribution in [3.05, 3.63) is 17.2 Å². The van der Waals surface area contributed by atoms with Crippen LogP contribution < -0.4 is 5.32 Å². The number of aliphatic carboxylic acids is 1. The number of carboxylic acids is 1. The van der Waals surface area contributed by atoms with Crippen LogP contribution in [0, 0.1) is 0 Å². The molecule has 0 aromatic carbocycles. The SMILES string of the molecule is O=C(O)C=Cc1cnc(NC(=O)CC2CCCO2)s1. The van der Waals surface area contributed by atoms with Gasteiger partial charge in [-0.3, -0.25) is 4.79 Å². The van der Waals surface area contributed by atoms with Gasteiger partial charge in [0.05, 0.1) is 12.5 Å². The lowest BCUT2D eigenvalue weighted by Gasteiger charge is -2.07. The standard InChI is InChI=1S/C12H14N2O4S/c15-10(6-8-2-1-5-18-8)14-12-13-7-9(19-12)3-4-11(16)17/h3-4,7-8H,1-2,5-6H2,(H,16,17)(H,13,14,15). The summed E-state index contributed by atoms with van der Waals surface area (Å²) in [6, 6.07) is 0. The Balaban J connectivity index is 1.85. The van der Waals surface area contributed by atoms with E-state index in [2.05, 4.69) is 10.3 Å². The highest BCUT2D eigenvalue weighted by Crippen LogP contribution is 2.21. The first kappa shape index (κ1) is 13.7. The average Bonchev–Trinajstić information content (AvgIpc) is 2.98. The molecule has 1 amide bonds. The van der Waals surface area contributed by atoms with Gasteiger partial charge in [-0.15, -0.1) is 0 Å². The fraction of sp³-hybridized carbons (Fsp3) is 0.417. The highest BCUT2D eigenvalue weighted by Gasteiger charge is 2.19. The molecule has 2 rings (SSSR count). The molecular formula is C12H14N2O4S. The fourth-order valence-electron chi connectivity index (χ4n) is 1.76. The number of carboxylic acid groups (broad SMARTS) is 1. The molecule has 6 nitrogen and oxygen atoms in total. The fourth-order valence-corrected chi connectivity index (χ4v) is 2.49. The van der Waals surface area contributed by atoms with Gasteiger partial charge in [-0.2, -0.15) is 0 Å². The van der Waals surface area contributed by atoms with E-state index >= 15 is 0 Å². The molecule has 2 N–H and O–H groups in total. The van der Waals surface area contributed by atoms with E-state index in [1.165, 1.54) is 23.6 Å². The van der Waals surface area contributed by atoms with Gasteiger partial charge in [0.25, 0.3) is 0 Å². The van der Waals surface area contributed by atoms with Crippen LogP contribution in [-0.4, -0.2) is 34.7 Å². The summed E-state index contributed by atoms with van der Waals surface area (Å²) in [7, 11) is 0. The van der Waals surface area contributed by atoms with Crippen LogP contribution in [0.15, 0.2) is 12.3 Å². The molecular weight excluding hydrogens is 268 g/mol. The predicted octanol–water partition coefficient (Wildman–Crippen LogP) is 1.75. The summed E-state index contributed by atoms with van der Waals surface area (Å²) >= 11 is 1.23. The summed E-state index contributed by atoms with van der Waals surface area (Å²) in [5, 5.41) is 11.6. The number of anilines is 1. The number of hydrogen-bond donors (Lipinski definition) is 2. The van der Waals surface area contributed by atoms with Gasteiger partial charge in [-0.25, -0.2) is 9.78 Å². The summed E-state index contributed by atoms with van der Waals surface area (Å²) < 4.78 is 5.38. The second-order valence-electron chi connectivity index (χ2n) is 4.13. The molecule has 1 aromatic rings. The van der Waals surface area contributed by atoms with Crippen molar-refractivity contribution in [2.24, 2.45) is 0 Å². The van der Waals surface area contributed by atoms with Crippen LogP contribution in [0.4, 0.5) is 5.13 Å². The van der Waals surface area contributed by atoms with Gasteiger partial charge < -0.3 is 15.2 Å². The van der Waals surface area contributed by atoms with E-state index in [1.54, 1.807) is 0 Å². The summed E-state index contributed by atoms with van der Waals surface area (Å²) in [6.45, 7) is 0.722. The first-order valence-electron chi connectivity index (χ1n) is 5.92. The van der Waals surface area contributed by atoms with E-state index in [9.17, 15) is 9.59 Å². The molecule has 1 unspecified atom stereocenters. The molecule has 7 heteroatoms. The molecule has 1 aliphatic heterocycles. The second kappa shape index (κ2) is 6.44. The molecule has 0 radical (unpaired) electrons. The maximum absolute atomic E-state index is 11.7. The van der Waals surface area contributed by atoms with Gasteiger partial charge in [0.2, 0.25) is 5.91 Å². The third kappa shape index (κ3) is 4.46. The maximum Gasteiger partial charge on any atom is 0.328 e. The molecule has 1 atom stereocenters. The van der Waals surface area contributed by atoms with Crippen LogP contribution in [0.1, 0.15) is 24.1 Å². The normalized spacial score (nSPS) is 18.8. The Morgan fingerprint density at radius 2 is 2.47 bits per heavy atom. The molecule has 1 saturated heterocycles. The Hall–Kier alpha value is -1.73. The van der Waals surface area contributed by atoms with Crippen molar-refractivity contribution in [3.63, 3.8) is 0 Å². The number of thiazole rings is 1. The van der Waals surface area contributed by atoms with Crippen LogP contribution in [0.2, 0.25) is 0 Å². The van der Waals surface area contributed by atoms with Gasteiger partial charge in [-0.05, 0) is 18.9 Å². The molecule has 102 valence electrons. The summed E-state index contributed by atoms with van der Waals surface area (Å²) in [5.74, 6) is -1.15. The molecule has 0 saturated carbocycles. The topological polar surface area (TPSA) is 88.5 Å². The van der Waals surface area contributed by atoms with Crippen molar-refractivity contribution in [2.75, 3.05) is 11.9 Å². The minimum Gasteiger partial charge on any atom is -0.478 e. The minimum atomic E-state index is -1.02. The number of rotatable bonds is 5. The molecule has 0 aliphatic carbocycles. The Morgan fingerprint density at radius 3 is 3.16 bits per heavy atom. The highest BCUT2D eigenvalue weighted by atomic mass is 32.1. The molecule has 0 bridgehead atoms. The van der Waals surface area contributed by atoms with E-state index in [4.69, 9.17) is 9.84 Å². The zero-order valence-corrected chi connectivity index (χ0v) is 11.0. The molecule has 0 spiro atoms. The third-order valence-corrected chi connectivity index (χ3v) is 3.48. The first-order chi connectivity index (χ1) is 9.13. The van der Waals surface area contributed by atoms with Crippen LogP contribution in [0.5, 0.6) is 0 Å². The summed E-state index contributed by atoms with van der Waals surface area (Å²) in [4.78, 5) is 26.8. The maximum atomic E-state index is 11.7. The lowest BCUT2D eigenvalue weighted by molar-refractivity contribution is -0.131. The van der Waals surface area contributed by atoms with Gasteiger partial charge in [0, 0.05) is 23.8 Å². The van der Waals surface area contributed by atoms with Crippen molar-refractivity contribution in [1.29, 1.82) is 0 Å². The number of aromatic nitrogens is 1. The van der Waals surface area contributed by atoms with Crippen molar-refractivity contribution < 1.29 is 19.4 Å². The molecule has 19 heavy (non-hydrogen) atoms. The van der Waals surface area contributed by atoms with Crippen LogP contribution in [-0.2, 0) is 14.3 Å². The zero-order chi connectivity index (χ0) is 13.7. The van der Waals surface area contributed by atoms with Crippen molar-refractivity contribution in [2.45, 2.75) is 25.4 Å². The van der Waals surface area contributed by atoms with E-state index < -0.39 is 5.97 Å². The average molecular weight is 282 g/mol. The number of nitrogens with one attached hydrogen (secondary N) is 1. The molecule has 2 heterocycles. The van der Waals surface area contributed by atoms with Gasteiger partial charge in [-0.1, -0.05) is 11.3 Å². The van der Waals surface area contributed by atoms with Crippen molar-refractivity contribution in [1.82, 2.24) is 4.98 Å². The zero-order valence-electron chi connectivity index (χ0n) is 10.2. The van der Waals surface area contributed by atoms with Gasteiger partial charge in [0.1, 0.15) is 0 Å². The van der Waals surface area contributed by atoms with Crippen LogP contribution in [0.3, 0.4) is 0 Å². The molecule has 1 fully saturated rings. The van der Waals surface area contributed by atoms with E-state index in [-0.39, 0.29) is 12.0 Å². The minimum absolute atomic E-state index is 0.00587. The van der Waals surface area contributed by atoms with E-state index in [1.807, 2.05) is 0 Å². The number of nitrogens with zero attached hydrogens (tertiary/aromatic N) is 1. The Morgan fingerprint density at radius 1 is 1.63 bits per heavy atom. The highest BCUT2D eigenvalue weighted by molar-refractivity contribution is 7.16. The van der Waals surface area contributed by atoms with E-state index in [0.29, 0.717) is 16.4 Å². The number of carbonyl (C=O) groups is 2. The number of carbonyl (C=O) groups excluding carboxylic acids is 1. The Kier molecular flexibility index (Phi) is 4.64. The van der Waals surface area contributed by atoms with E-state index in [0.717, 1.165) is 25.5 Å². The third-order valence-electron chi connectivity index (χ3n) is 2.60. The summed E-state index contributed by atoms with van der Waals surface area (Å²) in [6.07, 6.45) is 6.25. The lowest BCUT2D eigenvalue weighted by Crippen LogP contribution is -2.19. The smallest absolute Gasteiger partial charge is 0.328 e. The summed E-state index contributed by atoms with van der Waals surface area (Å²) in [5.41, 5.74) is 0. The Bertz CT molecular complexity index is 492. The number of hydrogen-bond acceptors (Lipinski definition) is 5. The first-order valence-corrected chi connectivity index (χ1v) is 6.73. The Labute approximate surface area is 114 Å². The predicted molar refractivity (Wildman–Crippen MR) is 71.0 cm³/mol. The largest absolute Gasteiger partial charge is 0.478 e. The monoisotopic (exact) mass is 282 g/mol. The van der Waals surface area contributed by atoms with Crippen LogP contribution in [0.25, 0.3) is 6.08 Å². The van der Waals surface area contributed by atoms with Crippen LogP contribution >= 0.6 is 11.3 Å². The van der Waals surface area contributed by atoms with Gasteiger partial charge >= 0.3 is 5.97 Å². The van der Waals surface area contributed by atoms with Gasteiger partial charge in [0.15, 0.2) is 5.13 Å². The molecule has 1 aliphatic rings. The second-order valence-corrected chi connectivity index (χ2v) is 5.19. The molecule has 1 aromatic heterocycles. The quantitative estimate of drug-likeness (QED) is 0.803. The number of ether oxygens (including phenoxy) is 1. The van der Waals surface area contributed by atoms with Crippen molar-refractivity contribution in [3.8, 4) is 0 Å². The number of amides is 1. The van der Waals surface area contributed by atoms with Crippen molar-refractivity contribution >= 4 is 34.4 Å².